The van der Waals surface area contributed by atoms with E-state index < -0.39 is 0 Å². The molecule has 1 aromatic carbocycles. The fourth-order valence-corrected chi connectivity index (χ4v) is 1.81. The van der Waals surface area contributed by atoms with Gasteiger partial charge in [-0.2, -0.15) is 4.98 Å². The Morgan fingerprint density at radius 3 is 2.57 bits per heavy atom. The number of nitrogens with zero attached hydrogens (tertiary/aromatic N) is 2. The van der Waals surface area contributed by atoms with Crippen LogP contribution in [-0.2, 0) is 0 Å². The number of anilines is 1. The number of aryl methyl sites for hydroxylation is 1. The molecule has 5 nitrogen and oxygen atoms in total. The summed E-state index contributed by atoms with van der Waals surface area (Å²) in [6.07, 6.45) is 0.950. The summed E-state index contributed by atoms with van der Waals surface area (Å²) in [4.78, 5) is 8.64. The molecule has 1 N–H and O–H groups in total. The lowest BCUT2D eigenvalue weighted by molar-refractivity contribution is 0.300. The minimum atomic E-state index is 0.506. The highest BCUT2D eigenvalue weighted by Crippen LogP contribution is 2.31. The van der Waals surface area contributed by atoms with E-state index >= 15 is 0 Å². The molecule has 1 heterocycles. The number of ether oxygens (including phenoxy) is 2. The SMILES string of the molecule is CCCOc1ccccc1Oc1cc(C)nc(NCC)n1. The lowest BCUT2D eigenvalue weighted by Crippen LogP contribution is -2.04. The maximum absolute atomic E-state index is 5.86. The molecule has 0 bridgehead atoms. The van der Waals surface area contributed by atoms with E-state index in [-0.39, 0.29) is 0 Å². The number of hydrogen-bond donors (Lipinski definition) is 1. The molecule has 0 amide bonds. The van der Waals surface area contributed by atoms with Crippen molar-refractivity contribution in [2.75, 3.05) is 18.5 Å². The average molecular weight is 287 g/mol. The van der Waals surface area contributed by atoms with Crippen LogP contribution in [0.4, 0.5) is 5.95 Å². The van der Waals surface area contributed by atoms with E-state index in [0.717, 1.165) is 24.4 Å². The van der Waals surface area contributed by atoms with Gasteiger partial charge in [-0.3, -0.25) is 0 Å². The Bertz CT molecular complexity index is 587. The molecule has 0 aliphatic heterocycles. The van der Waals surface area contributed by atoms with Gasteiger partial charge in [-0.15, -0.1) is 0 Å². The number of nitrogens with one attached hydrogen (secondary N) is 1. The Labute approximate surface area is 125 Å². The zero-order valence-corrected chi connectivity index (χ0v) is 12.7. The van der Waals surface area contributed by atoms with Crippen molar-refractivity contribution in [2.45, 2.75) is 27.2 Å². The molecular formula is C16H21N3O2. The van der Waals surface area contributed by atoms with Crippen LogP contribution in [0.2, 0.25) is 0 Å². The smallest absolute Gasteiger partial charge is 0.226 e. The molecule has 0 unspecified atom stereocenters. The van der Waals surface area contributed by atoms with Gasteiger partial charge in [-0.25, -0.2) is 4.98 Å². The lowest BCUT2D eigenvalue weighted by Gasteiger charge is -2.12. The summed E-state index contributed by atoms with van der Waals surface area (Å²) in [5.74, 6) is 2.46. The third-order valence-corrected chi connectivity index (χ3v) is 2.69. The Kier molecular flexibility index (Phi) is 5.37. The van der Waals surface area contributed by atoms with Crippen molar-refractivity contribution in [3.05, 3.63) is 36.0 Å². The summed E-state index contributed by atoms with van der Waals surface area (Å²) < 4.78 is 11.5. The van der Waals surface area contributed by atoms with Crippen LogP contribution in [0.15, 0.2) is 30.3 Å². The molecule has 112 valence electrons. The number of rotatable bonds is 7. The van der Waals surface area contributed by atoms with Crippen LogP contribution >= 0.6 is 0 Å². The minimum absolute atomic E-state index is 0.506. The number of hydrogen-bond acceptors (Lipinski definition) is 5. The second kappa shape index (κ2) is 7.47. The number of para-hydroxylation sites is 2. The topological polar surface area (TPSA) is 56.3 Å². The predicted octanol–water partition coefficient (Wildman–Crippen LogP) is 3.80. The van der Waals surface area contributed by atoms with E-state index in [4.69, 9.17) is 9.47 Å². The molecule has 2 rings (SSSR count). The maximum Gasteiger partial charge on any atom is 0.226 e. The van der Waals surface area contributed by atoms with E-state index in [1.165, 1.54) is 0 Å². The Balaban J connectivity index is 2.21. The summed E-state index contributed by atoms with van der Waals surface area (Å²) in [6.45, 7) is 7.40. The van der Waals surface area contributed by atoms with Gasteiger partial charge in [0.05, 0.1) is 6.61 Å². The van der Waals surface area contributed by atoms with Gasteiger partial charge in [-0.1, -0.05) is 19.1 Å². The minimum Gasteiger partial charge on any atom is -0.490 e. The van der Waals surface area contributed by atoms with Crippen LogP contribution in [0.3, 0.4) is 0 Å². The molecule has 2 aromatic rings. The van der Waals surface area contributed by atoms with Gasteiger partial charge in [-0.05, 0) is 32.4 Å². The molecule has 0 spiro atoms. The summed E-state index contributed by atoms with van der Waals surface area (Å²) in [6, 6.07) is 9.40. The summed E-state index contributed by atoms with van der Waals surface area (Å²) in [7, 11) is 0. The first-order valence-electron chi connectivity index (χ1n) is 7.22. The molecular weight excluding hydrogens is 266 g/mol. The third-order valence-electron chi connectivity index (χ3n) is 2.69. The zero-order chi connectivity index (χ0) is 15.1. The molecule has 0 atom stereocenters. The van der Waals surface area contributed by atoms with Gasteiger partial charge in [0.2, 0.25) is 11.8 Å². The van der Waals surface area contributed by atoms with Gasteiger partial charge < -0.3 is 14.8 Å². The molecule has 0 fully saturated rings. The van der Waals surface area contributed by atoms with E-state index in [2.05, 4.69) is 22.2 Å². The Morgan fingerprint density at radius 1 is 1.10 bits per heavy atom. The van der Waals surface area contributed by atoms with Gasteiger partial charge in [0.25, 0.3) is 0 Å². The maximum atomic E-state index is 5.86. The van der Waals surface area contributed by atoms with Crippen LogP contribution < -0.4 is 14.8 Å². The molecule has 0 saturated heterocycles. The van der Waals surface area contributed by atoms with E-state index in [1.807, 2.05) is 38.1 Å². The normalized spacial score (nSPS) is 10.2. The van der Waals surface area contributed by atoms with Crippen molar-refractivity contribution < 1.29 is 9.47 Å². The molecule has 0 radical (unpaired) electrons. The van der Waals surface area contributed by atoms with Crippen molar-refractivity contribution in [2.24, 2.45) is 0 Å². The molecule has 1 aromatic heterocycles. The van der Waals surface area contributed by atoms with E-state index in [9.17, 15) is 0 Å². The monoisotopic (exact) mass is 287 g/mol. The molecule has 0 saturated carbocycles. The van der Waals surface area contributed by atoms with Crippen LogP contribution in [-0.4, -0.2) is 23.1 Å². The largest absolute Gasteiger partial charge is 0.490 e. The predicted molar refractivity (Wildman–Crippen MR) is 83.2 cm³/mol. The summed E-state index contributed by atoms with van der Waals surface area (Å²) in [5, 5.41) is 3.09. The highest BCUT2D eigenvalue weighted by atomic mass is 16.5. The van der Waals surface area contributed by atoms with E-state index in [0.29, 0.717) is 24.2 Å². The quantitative estimate of drug-likeness (QED) is 0.839. The second-order valence-electron chi connectivity index (χ2n) is 4.60. The molecule has 0 aliphatic rings. The lowest BCUT2D eigenvalue weighted by atomic mass is 10.3. The fourth-order valence-electron chi connectivity index (χ4n) is 1.81. The number of benzene rings is 1. The van der Waals surface area contributed by atoms with Crippen molar-refractivity contribution in [3.63, 3.8) is 0 Å². The first kappa shape index (κ1) is 15.1. The van der Waals surface area contributed by atoms with Crippen LogP contribution in [0, 0.1) is 6.92 Å². The highest BCUT2D eigenvalue weighted by Gasteiger charge is 2.08. The Hall–Kier alpha value is -2.30. The first-order valence-corrected chi connectivity index (χ1v) is 7.22. The standard InChI is InChI=1S/C16H21N3O2/c1-4-10-20-13-8-6-7-9-14(13)21-15-11-12(3)18-16(19-15)17-5-2/h6-9,11H,4-5,10H2,1-3H3,(H,17,18,19). The van der Waals surface area contributed by atoms with Gasteiger partial charge in [0.15, 0.2) is 11.5 Å². The van der Waals surface area contributed by atoms with Crippen molar-refractivity contribution >= 4 is 5.95 Å². The molecule has 0 aliphatic carbocycles. The highest BCUT2D eigenvalue weighted by molar-refractivity contribution is 5.42. The van der Waals surface area contributed by atoms with Gasteiger partial charge in [0.1, 0.15) is 0 Å². The Morgan fingerprint density at radius 2 is 1.86 bits per heavy atom. The fraction of sp³-hybridized carbons (Fsp3) is 0.375. The van der Waals surface area contributed by atoms with Gasteiger partial charge >= 0.3 is 0 Å². The second-order valence-corrected chi connectivity index (χ2v) is 4.60. The summed E-state index contributed by atoms with van der Waals surface area (Å²) in [5.41, 5.74) is 0.850. The van der Waals surface area contributed by atoms with Crippen molar-refractivity contribution in [3.8, 4) is 17.4 Å². The zero-order valence-electron chi connectivity index (χ0n) is 12.7. The molecule has 5 heteroatoms. The third kappa shape index (κ3) is 4.34. The average Bonchev–Trinajstić information content (AvgIpc) is 2.46. The van der Waals surface area contributed by atoms with Crippen LogP contribution in [0.5, 0.6) is 17.4 Å². The van der Waals surface area contributed by atoms with Crippen LogP contribution in [0.1, 0.15) is 26.0 Å². The first-order chi connectivity index (χ1) is 10.2. The molecule has 21 heavy (non-hydrogen) atoms. The summed E-state index contributed by atoms with van der Waals surface area (Å²) >= 11 is 0. The van der Waals surface area contributed by atoms with Crippen molar-refractivity contribution in [1.29, 1.82) is 0 Å². The van der Waals surface area contributed by atoms with Crippen molar-refractivity contribution in [1.82, 2.24) is 9.97 Å². The van der Waals surface area contributed by atoms with E-state index in [1.54, 1.807) is 6.07 Å². The number of aromatic nitrogens is 2. The van der Waals surface area contributed by atoms with Crippen LogP contribution in [0.25, 0.3) is 0 Å². The van der Waals surface area contributed by atoms with Gasteiger partial charge in [0, 0.05) is 18.3 Å².